The van der Waals surface area contributed by atoms with Gasteiger partial charge in [0.1, 0.15) is 6.54 Å². The second-order valence-electron chi connectivity index (χ2n) is 2.93. The molecular formula is C8H13N3O2. The third kappa shape index (κ3) is 1.86. The van der Waals surface area contributed by atoms with Crippen molar-refractivity contribution in [3.63, 3.8) is 0 Å². The molecular weight excluding hydrogens is 170 g/mol. The largest absolute Gasteiger partial charge is 0.392 e. The summed E-state index contributed by atoms with van der Waals surface area (Å²) in [6, 6.07) is 0. The summed E-state index contributed by atoms with van der Waals surface area (Å²) in [6.45, 7) is 3.59. The van der Waals surface area contributed by atoms with Crippen molar-refractivity contribution in [3.8, 4) is 0 Å². The lowest BCUT2D eigenvalue weighted by molar-refractivity contribution is -0.118. The molecule has 0 aliphatic carbocycles. The number of nitrogens with two attached hydrogens (primary N) is 1. The van der Waals surface area contributed by atoms with E-state index < -0.39 is 5.91 Å². The molecule has 0 bridgehead atoms. The molecule has 5 nitrogen and oxygen atoms in total. The minimum absolute atomic E-state index is 0.0591. The lowest BCUT2D eigenvalue weighted by Gasteiger charge is -2.00. The van der Waals surface area contributed by atoms with Gasteiger partial charge in [0.15, 0.2) is 0 Å². The fourth-order valence-corrected chi connectivity index (χ4v) is 1.26. The number of primary amides is 1. The van der Waals surface area contributed by atoms with Gasteiger partial charge in [-0.1, -0.05) is 0 Å². The van der Waals surface area contributed by atoms with Crippen molar-refractivity contribution < 1.29 is 9.90 Å². The van der Waals surface area contributed by atoms with E-state index in [1.54, 1.807) is 13.8 Å². The van der Waals surface area contributed by atoms with E-state index in [0.717, 1.165) is 17.0 Å². The van der Waals surface area contributed by atoms with Crippen molar-refractivity contribution in [1.29, 1.82) is 0 Å². The van der Waals surface area contributed by atoms with E-state index in [-0.39, 0.29) is 13.2 Å². The van der Waals surface area contributed by atoms with Gasteiger partial charge in [-0.15, -0.1) is 0 Å². The normalized spacial score (nSPS) is 10.4. The zero-order valence-electron chi connectivity index (χ0n) is 7.74. The Morgan fingerprint density at radius 2 is 2.23 bits per heavy atom. The molecule has 0 radical (unpaired) electrons. The van der Waals surface area contributed by atoms with Gasteiger partial charge < -0.3 is 10.8 Å². The van der Waals surface area contributed by atoms with E-state index in [4.69, 9.17) is 10.8 Å². The fraction of sp³-hybridized carbons (Fsp3) is 0.500. The molecule has 1 aromatic rings. The molecule has 0 saturated carbocycles. The van der Waals surface area contributed by atoms with Crippen LogP contribution in [0, 0.1) is 13.8 Å². The van der Waals surface area contributed by atoms with Crippen molar-refractivity contribution in [2.24, 2.45) is 5.73 Å². The van der Waals surface area contributed by atoms with Crippen LogP contribution in [0.25, 0.3) is 0 Å². The lowest BCUT2D eigenvalue weighted by Crippen LogP contribution is -2.20. The van der Waals surface area contributed by atoms with Crippen molar-refractivity contribution in [3.05, 3.63) is 17.0 Å². The van der Waals surface area contributed by atoms with Crippen LogP contribution in [0.15, 0.2) is 0 Å². The maximum atomic E-state index is 10.6. The highest BCUT2D eigenvalue weighted by molar-refractivity contribution is 5.73. The molecule has 1 rings (SSSR count). The highest BCUT2D eigenvalue weighted by Crippen LogP contribution is 2.11. The number of carbonyl (C=O) groups is 1. The van der Waals surface area contributed by atoms with Gasteiger partial charge in [-0.3, -0.25) is 9.48 Å². The number of aliphatic hydroxyl groups excluding tert-OH is 1. The Kier molecular flexibility index (Phi) is 2.67. The molecule has 13 heavy (non-hydrogen) atoms. The van der Waals surface area contributed by atoms with E-state index >= 15 is 0 Å². The Balaban J connectivity index is 3.03. The highest BCUT2D eigenvalue weighted by atomic mass is 16.3. The van der Waals surface area contributed by atoms with E-state index in [1.807, 2.05) is 0 Å². The van der Waals surface area contributed by atoms with Crippen LogP contribution >= 0.6 is 0 Å². The molecule has 0 aliphatic rings. The smallest absolute Gasteiger partial charge is 0.239 e. The van der Waals surface area contributed by atoms with Crippen molar-refractivity contribution in [2.75, 3.05) is 0 Å². The van der Waals surface area contributed by atoms with Gasteiger partial charge in [-0.2, -0.15) is 5.10 Å². The summed E-state index contributed by atoms with van der Waals surface area (Å²) in [7, 11) is 0. The second kappa shape index (κ2) is 3.57. The van der Waals surface area contributed by atoms with Crippen LogP contribution in [-0.4, -0.2) is 20.8 Å². The second-order valence-corrected chi connectivity index (χ2v) is 2.93. The predicted molar refractivity (Wildman–Crippen MR) is 46.8 cm³/mol. The van der Waals surface area contributed by atoms with Gasteiger partial charge >= 0.3 is 0 Å². The van der Waals surface area contributed by atoms with Gasteiger partial charge in [0.25, 0.3) is 0 Å². The number of carbonyl (C=O) groups excluding carboxylic acids is 1. The Labute approximate surface area is 76.2 Å². The third-order valence-corrected chi connectivity index (χ3v) is 2.00. The maximum absolute atomic E-state index is 10.6. The first-order valence-corrected chi connectivity index (χ1v) is 3.98. The molecule has 72 valence electrons. The molecule has 0 saturated heterocycles. The Bertz CT molecular complexity index is 330. The molecule has 0 atom stereocenters. The SMILES string of the molecule is Cc1nn(CC(N)=O)c(C)c1CO. The van der Waals surface area contributed by atoms with Crippen LogP contribution in [0.1, 0.15) is 17.0 Å². The lowest BCUT2D eigenvalue weighted by atomic mass is 10.2. The van der Waals surface area contributed by atoms with Crippen molar-refractivity contribution >= 4 is 5.91 Å². The molecule has 0 spiro atoms. The van der Waals surface area contributed by atoms with Crippen LogP contribution in [0.5, 0.6) is 0 Å². The van der Waals surface area contributed by atoms with Gasteiger partial charge in [0, 0.05) is 11.3 Å². The first kappa shape index (κ1) is 9.73. The average molecular weight is 183 g/mol. The number of nitrogens with zero attached hydrogens (tertiary/aromatic N) is 2. The number of hydrogen-bond donors (Lipinski definition) is 2. The Morgan fingerprint density at radius 3 is 2.62 bits per heavy atom. The molecule has 1 heterocycles. The minimum Gasteiger partial charge on any atom is -0.392 e. The summed E-state index contributed by atoms with van der Waals surface area (Å²) in [6.07, 6.45) is 0. The van der Waals surface area contributed by atoms with Crippen LogP contribution in [0.2, 0.25) is 0 Å². The summed E-state index contributed by atoms with van der Waals surface area (Å²) in [5.41, 5.74) is 7.32. The fourth-order valence-electron chi connectivity index (χ4n) is 1.26. The zero-order valence-corrected chi connectivity index (χ0v) is 7.74. The number of aryl methyl sites for hydroxylation is 1. The first-order chi connectivity index (χ1) is 6.06. The van der Waals surface area contributed by atoms with Crippen LogP contribution < -0.4 is 5.73 Å². The van der Waals surface area contributed by atoms with Gasteiger partial charge in [0.2, 0.25) is 5.91 Å². The summed E-state index contributed by atoms with van der Waals surface area (Å²) in [4.78, 5) is 10.6. The summed E-state index contributed by atoms with van der Waals surface area (Å²) in [5, 5.41) is 13.1. The number of aliphatic hydroxyl groups is 1. The monoisotopic (exact) mass is 183 g/mol. The molecule has 0 unspecified atom stereocenters. The number of rotatable bonds is 3. The van der Waals surface area contributed by atoms with Gasteiger partial charge in [-0.25, -0.2) is 0 Å². The number of amides is 1. The predicted octanol–water partition coefficient (Wildman–Crippen LogP) is -0.522. The Morgan fingerprint density at radius 1 is 1.62 bits per heavy atom. The van der Waals surface area contributed by atoms with Gasteiger partial charge in [-0.05, 0) is 13.8 Å². The third-order valence-electron chi connectivity index (χ3n) is 2.00. The molecule has 3 N–H and O–H groups in total. The maximum Gasteiger partial charge on any atom is 0.239 e. The molecule has 0 fully saturated rings. The zero-order chi connectivity index (χ0) is 10.0. The van der Waals surface area contributed by atoms with E-state index in [0.29, 0.717) is 0 Å². The van der Waals surface area contributed by atoms with E-state index in [1.165, 1.54) is 4.68 Å². The van der Waals surface area contributed by atoms with Crippen LogP contribution in [0.3, 0.4) is 0 Å². The molecule has 1 aromatic heterocycles. The van der Waals surface area contributed by atoms with Crippen LogP contribution in [0.4, 0.5) is 0 Å². The molecule has 0 aromatic carbocycles. The van der Waals surface area contributed by atoms with Crippen LogP contribution in [-0.2, 0) is 17.9 Å². The molecule has 0 aliphatic heterocycles. The molecule has 1 amide bonds. The van der Waals surface area contributed by atoms with Gasteiger partial charge in [0.05, 0.1) is 12.3 Å². The highest BCUT2D eigenvalue weighted by Gasteiger charge is 2.11. The van der Waals surface area contributed by atoms with E-state index in [2.05, 4.69) is 5.10 Å². The standard InChI is InChI=1S/C8H13N3O2/c1-5-7(4-12)6(2)11(10-5)3-8(9)13/h12H,3-4H2,1-2H3,(H2,9,13). The first-order valence-electron chi connectivity index (χ1n) is 3.98. The quantitative estimate of drug-likeness (QED) is 0.661. The van der Waals surface area contributed by atoms with Crippen molar-refractivity contribution in [2.45, 2.75) is 27.0 Å². The summed E-state index contributed by atoms with van der Waals surface area (Å²) >= 11 is 0. The molecule has 5 heteroatoms. The summed E-state index contributed by atoms with van der Waals surface area (Å²) < 4.78 is 1.50. The summed E-state index contributed by atoms with van der Waals surface area (Å²) in [5.74, 6) is -0.435. The minimum atomic E-state index is -0.435. The topological polar surface area (TPSA) is 81.1 Å². The van der Waals surface area contributed by atoms with Crippen molar-refractivity contribution in [1.82, 2.24) is 9.78 Å². The average Bonchev–Trinajstić information content (AvgIpc) is 2.26. The number of aromatic nitrogens is 2. The Hall–Kier alpha value is -1.36. The van der Waals surface area contributed by atoms with E-state index in [9.17, 15) is 4.79 Å². The number of hydrogen-bond acceptors (Lipinski definition) is 3.